The third-order valence-corrected chi connectivity index (χ3v) is 5.27. The van der Waals surface area contributed by atoms with Gasteiger partial charge in [-0.25, -0.2) is 0 Å². The minimum absolute atomic E-state index is 0.101. The van der Waals surface area contributed by atoms with Crippen molar-refractivity contribution in [2.75, 3.05) is 0 Å². The van der Waals surface area contributed by atoms with Crippen LogP contribution in [0.1, 0.15) is 32.1 Å². The van der Waals surface area contributed by atoms with Crippen LogP contribution in [0.4, 0.5) is 0 Å². The van der Waals surface area contributed by atoms with Crippen LogP contribution in [-0.4, -0.2) is 22.9 Å². The van der Waals surface area contributed by atoms with Gasteiger partial charge in [0.25, 0.3) is 0 Å². The van der Waals surface area contributed by atoms with Gasteiger partial charge in [0.15, 0.2) is 0 Å². The third-order valence-electron chi connectivity index (χ3n) is 5.27. The Labute approximate surface area is 90.3 Å². The van der Waals surface area contributed by atoms with E-state index in [2.05, 4.69) is 12.2 Å². The molecule has 1 saturated carbocycles. The minimum Gasteiger partial charge on any atom is -0.392 e. The predicted octanol–water partition coefficient (Wildman–Crippen LogP) is 1.88. The number of aliphatic hydroxyl groups is 1. The summed E-state index contributed by atoms with van der Waals surface area (Å²) in [6.07, 6.45) is 10.9. The molecule has 2 aliphatic heterocycles. The Morgan fingerprint density at radius 2 is 2.13 bits per heavy atom. The molecule has 0 aromatic heterocycles. The van der Waals surface area contributed by atoms with Crippen LogP contribution in [0.5, 0.6) is 0 Å². The van der Waals surface area contributed by atoms with Crippen molar-refractivity contribution >= 4 is 0 Å². The lowest BCUT2D eigenvalue weighted by molar-refractivity contribution is -0.192. The smallest absolute Gasteiger partial charge is 0.0785 e. The van der Waals surface area contributed by atoms with E-state index < -0.39 is 0 Å². The largest absolute Gasteiger partial charge is 0.392 e. The van der Waals surface area contributed by atoms with Crippen LogP contribution in [0.3, 0.4) is 0 Å². The molecular formula is C13H18O2. The molecule has 5 rings (SSSR count). The number of hydrogen-bond donors (Lipinski definition) is 1. The average Bonchev–Trinajstić information content (AvgIpc) is 2.57. The summed E-state index contributed by atoms with van der Waals surface area (Å²) in [6, 6.07) is 0. The second-order valence-electron chi connectivity index (χ2n) is 5.79. The van der Waals surface area contributed by atoms with Gasteiger partial charge in [-0.3, -0.25) is 0 Å². The van der Waals surface area contributed by atoms with Crippen LogP contribution >= 0.6 is 0 Å². The van der Waals surface area contributed by atoms with Gasteiger partial charge < -0.3 is 9.84 Å². The highest BCUT2D eigenvalue weighted by atomic mass is 16.5. The first-order chi connectivity index (χ1) is 7.29. The average molecular weight is 206 g/mol. The number of rotatable bonds is 0. The van der Waals surface area contributed by atoms with Gasteiger partial charge in [0.1, 0.15) is 0 Å². The molecular weight excluding hydrogens is 188 g/mol. The summed E-state index contributed by atoms with van der Waals surface area (Å²) in [6.45, 7) is 0. The van der Waals surface area contributed by atoms with Gasteiger partial charge in [-0.15, -0.1) is 0 Å². The maximum atomic E-state index is 10.1. The molecule has 0 aromatic rings. The topological polar surface area (TPSA) is 29.5 Å². The lowest BCUT2D eigenvalue weighted by Gasteiger charge is -2.56. The van der Waals surface area contributed by atoms with Crippen molar-refractivity contribution in [3.63, 3.8) is 0 Å². The van der Waals surface area contributed by atoms with Gasteiger partial charge in [-0.2, -0.15) is 0 Å². The minimum atomic E-state index is -0.101. The van der Waals surface area contributed by atoms with E-state index in [1.807, 2.05) is 0 Å². The normalized spacial score (nSPS) is 60.7. The Balaban J connectivity index is 1.81. The van der Waals surface area contributed by atoms with Crippen molar-refractivity contribution in [2.24, 2.45) is 17.8 Å². The van der Waals surface area contributed by atoms with Crippen molar-refractivity contribution in [3.8, 4) is 0 Å². The number of aliphatic hydroxyl groups excluding tert-OH is 1. The molecule has 2 saturated heterocycles. The molecule has 1 spiro atoms. The fourth-order valence-corrected chi connectivity index (χ4v) is 4.62. The van der Waals surface area contributed by atoms with Crippen LogP contribution in [0.25, 0.3) is 0 Å². The van der Waals surface area contributed by atoms with Gasteiger partial charge in [-0.05, 0) is 38.0 Å². The molecule has 2 heterocycles. The van der Waals surface area contributed by atoms with E-state index in [4.69, 9.17) is 4.74 Å². The highest BCUT2D eigenvalue weighted by Crippen LogP contribution is 2.59. The number of ether oxygens (including phenoxy) is 1. The first-order valence-electron chi connectivity index (χ1n) is 6.34. The Bertz CT molecular complexity index is 324. The molecule has 3 fully saturated rings. The van der Waals surface area contributed by atoms with E-state index in [1.165, 1.54) is 25.7 Å². The van der Waals surface area contributed by atoms with E-state index in [0.717, 1.165) is 6.42 Å². The van der Waals surface area contributed by atoms with E-state index in [9.17, 15) is 5.11 Å². The van der Waals surface area contributed by atoms with Crippen molar-refractivity contribution in [1.82, 2.24) is 0 Å². The second-order valence-corrected chi connectivity index (χ2v) is 5.79. The maximum absolute atomic E-state index is 10.1. The van der Waals surface area contributed by atoms with Gasteiger partial charge in [0, 0.05) is 11.8 Å². The molecule has 3 aliphatic carbocycles. The Morgan fingerprint density at radius 1 is 1.20 bits per heavy atom. The van der Waals surface area contributed by atoms with Crippen LogP contribution in [0.2, 0.25) is 0 Å². The van der Waals surface area contributed by atoms with E-state index in [-0.39, 0.29) is 11.7 Å². The number of fused-ring (bicyclic) bond motifs is 2. The highest BCUT2D eigenvalue weighted by Gasteiger charge is 2.60. The molecule has 6 unspecified atom stereocenters. The fraction of sp³-hybridized carbons (Fsp3) is 0.846. The molecule has 2 nitrogen and oxygen atoms in total. The molecule has 0 aromatic carbocycles. The van der Waals surface area contributed by atoms with E-state index >= 15 is 0 Å². The second kappa shape index (κ2) is 2.67. The first-order valence-corrected chi connectivity index (χ1v) is 6.34. The van der Waals surface area contributed by atoms with Crippen molar-refractivity contribution in [2.45, 2.75) is 49.9 Å². The lowest BCUT2D eigenvalue weighted by atomic mass is 9.56. The van der Waals surface area contributed by atoms with Gasteiger partial charge in [0.2, 0.25) is 0 Å². The summed E-state index contributed by atoms with van der Waals surface area (Å²) in [5.74, 6) is 1.48. The molecule has 2 heteroatoms. The molecule has 0 amide bonds. The lowest BCUT2D eigenvalue weighted by Crippen LogP contribution is -2.58. The zero-order valence-corrected chi connectivity index (χ0v) is 8.93. The predicted molar refractivity (Wildman–Crippen MR) is 56.3 cm³/mol. The van der Waals surface area contributed by atoms with E-state index in [1.54, 1.807) is 0 Å². The Morgan fingerprint density at radius 3 is 3.00 bits per heavy atom. The molecule has 6 atom stereocenters. The number of hydrogen-bond acceptors (Lipinski definition) is 2. The van der Waals surface area contributed by atoms with Crippen LogP contribution in [-0.2, 0) is 4.74 Å². The molecule has 82 valence electrons. The van der Waals surface area contributed by atoms with Crippen LogP contribution in [0, 0.1) is 17.8 Å². The standard InChI is InChI=1S/C13H18O2/c14-12-7-8-1-3-10(12)11-4-2-9-5-6-13(8,11)15-9/h1,3,8-12,14H,2,4-7H2. The molecule has 4 bridgehead atoms. The zero-order valence-electron chi connectivity index (χ0n) is 8.93. The van der Waals surface area contributed by atoms with Gasteiger partial charge in [-0.1, -0.05) is 12.2 Å². The van der Waals surface area contributed by atoms with E-state index in [0.29, 0.717) is 23.9 Å². The van der Waals surface area contributed by atoms with Crippen molar-refractivity contribution in [1.29, 1.82) is 0 Å². The molecule has 5 aliphatic rings. The van der Waals surface area contributed by atoms with Crippen LogP contribution in [0.15, 0.2) is 12.2 Å². The summed E-state index contributed by atoms with van der Waals surface area (Å²) in [5.41, 5.74) is 0.140. The summed E-state index contributed by atoms with van der Waals surface area (Å²) in [5, 5.41) is 10.1. The van der Waals surface area contributed by atoms with Crippen molar-refractivity contribution in [3.05, 3.63) is 12.2 Å². The molecule has 15 heavy (non-hydrogen) atoms. The van der Waals surface area contributed by atoms with Crippen molar-refractivity contribution < 1.29 is 9.84 Å². The fourth-order valence-electron chi connectivity index (χ4n) is 4.62. The zero-order chi connectivity index (χ0) is 10.0. The highest BCUT2D eigenvalue weighted by molar-refractivity contribution is 5.22. The Kier molecular flexibility index (Phi) is 1.56. The van der Waals surface area contributed by atoms with Gasteiger partial charge >= 0.3 is 0 Å². The Hall–Kier alpha value is -0.340. The summed E-state index contributed by atoms with van der Waals surface area (Å²) >= 11 is 0. The maximum Gasteiger partial charge on any atom is 0.0785 e. The summed E-state index contributed by atoms with van der Waals surface area (Å²) in [7, 11) is 0. The quantitative estimate of drug-likeness (QED) is 0.613. The third kappa shape index (κ3) is 0.931. The van der Waals surface area contributed by atoms with Crippen LogP contribution < -0.4 is 0 Å². The molecule has 1 N–H and O–H groups in total. The first kappa shape index (κ1) is 8.77. The SMILES string of the molecule is OC1CC2C=CC1C1CCC3CCC21O3. The summed E-state index contributed by atoms with van der Waals surface area (Å²) < 4.78 is 6.31. The molecule has 0 radical (unpaired) electrons. The monoisotopic (exact) mass is 206 g/mol. The van der Waals surface area contributed by atoms with Gasteiger partial charge in [0.05, 0.1) is 17.8 Å². The summed E-state index contributed by atoms with van der Waals surface area (Å²) in [4.78, 5) is 0.